The summed E-state index contributed by atoms with van der Waals surface area (Å²) in [5, 5.41) is 16.7. The minimum atomic E-state index is -0.234. The molecule has 25 heavy (non-hydrogen) atoms. The van der Waals surface area contributed by atoms with E-state index in [-0.39, 0.29) is 18.4 Å². The molecular weight excluding hydrogens is 433 g/mol. The molecule has 0 spiro atoms. The molecule has 1 aliphatic rings. The summed E-state index contributed by atoms with van der Waals surface area (Å²) in [5.41, 5.74) is 1.87. The number of nitrogens with one attached hydrogen (secondary N) is 1. The lowest BCUT2D eigenvalue weighted by molar-refractivity contribution is -0.115. The second-order valence-electron chi connectivity index (χ2n) is 5.90. The van der Waals surface area contributed by atoms with Crippen LogP contribution in [0.3, 0.4) is 0 Å². The van der Waals surface area contributed by atoms with Crippen molar-refractivity contribution in [2.75, 3.05) is 18.5 Å². The van der Waals surface area contributed by atoms with Gasteiger partial charge in [-0.05, 0) is 54.5 Å². The van der Waals surface area contributed by atoms with Gasteiger partial charge in [0.25, 0.3) is 0 Å². The number of pyridine rings is 1. The molecule has 0 bridgehead atoms. The number of carbonyl (C=O) groups is 1. The fourth-order valence-electron chi connectivity index (χ4n) is 2.88. The lowest BCUT2D eigenvalue weighted by Gasteiger charge is -2.23. The van der Waals surface area contributed by atoms with Crippen molar-refractivity contribution < 1.29 is 9.53 Å². The van der Waals surface area contributed by atoms with Gasteiger partial charge in [-0.3, -0.25) is 14.5 Å². The number of amides is 1. The van der Waals surface area contributed by atoms with E-state index < -0.39 is 0 Å². The highest BCUT2D eigenvalue weighted by molar-refractivity contribution is 14.1. The molecule has 1 aliphatic heterocycles. The van der Waals surface area contributed by atoms with Crippen LogP contribution in [0, 0.1) is 21.8 Å². The van der Waals surface area contributed by atoms with Crippen LogP contribution in [-0.4, -0.2) is 33.9 Å². The Balaban J connectivity index is 1.76. The Morgan fingerprint density at radius 3 is 2.88 bits per heavy atom. The SMILES string of the molecule is Cc1c(C#N)c(NC(=O)Cc2ccc(I)cn2)nn1C1CCOCC1. The first-order valence-corrected chi connectivity index (χ1v) is 9.13. The van der Waals surface area contributed by atoms with Crippen molar-refractivity contribution >= 4 is 34.3 Å². The molecule has 3 heterocycles. The maximum Gasteiger partial charge on any atom is 0.231 e. The summed E-state index contributed by atoms with van der Waals surface area (Å²) < 4.78 is 8.24. The van der Waals surface area contributed by atoms with Crippen molar-refractivity contribution in [1.29, 1.82) is 5.26 Å². The molecule has 1 saturated heterocycles. The Labute approximate surface area is 159 Å². The second-order valence-corrected chi connectivity index (χ2v) is 7.15. The van der Waals surface area contributed by atoms with E-state index >= 15 is 0 Å². The predicted molar refractivity (Wildman–Crippen MR) is 100 cm³/mol. The highest BCUT2D eigenvalue weighted by Crippen LogP contribution is 2.27. The molecule has 0 aliphatic carbocycles. The summed E-state index contributed by atoms with van der Waals surface area (Å²) in [6, 6.07) is 6.07. The van der Waals surface area contributed by atoms with Gasteiger partial charge in [0, 0.05) is 28.7 Å². The number of rotatable bonds is 4. The van der Waals surface area contributed by atoms with E-state index in [4.69, 9.17) is 4.74 Å². The monoisotopic (exact) mass is 451 g/mol. The lowest BCUT2D eigenvalue weighted by Crippen LogP contribution is -2.21. The molecule has 2 aromatic heterocycles. The van der Waals surface area contributed by atoms with Gasteiger partial charge in [-0.2, -0.15) is 10.4 Å². The first-order valence-electron chi connectivity index (χ1n) is 8.05. The van der Waals surface area contributed by atoms with Crippen LogP contribution in [0.2, 0.25) is 0 Å². The van der Waals surface area contributed by atoms with E-state index in [0.29, 0.717) is 30.3 Å². The van der Waals surface area contributed by atoms with Gasteiger partial charge in [0.2, 0.25) is 5.91 Å². The molecule has 0 atom stereocenters. The number of aromatic nitrogens is 3. The third-order valence-electron chi connectivity index (χ3n) is 4.19. The summed E-state index contributed by atoms with van der Waals surface area (Å²) >= 11 is 2.16. The van der Waals surface area contributed by atoms with Crippen molar-refractivity contribution in [2.24, 2.45) is 0 Å². The third kappa shape index (κ3) is 4.16. The lowest BCUT2D eigenvalue weighted by atomic mass is 10.1. The zero-order valence-corrected chi connectivity index (χ0v) is 16.0. The topological polar surface area (TPSA) is 92.8 Å². The van der Waals surface area contributed by atoms with E-state index in [1.165, 1.54) is 0 Å². The summed E-state index contributed by atoms with van der Waals surface area (Å²) in [7, 11) is 0. The van der Waals surface area contributed by atoms with Gasteiger partial charge >= 0.3 is 0 Å². The largest absolute Gasteiger partial charge is 0.381 e. The van der Waals surface area contributed by atoms with Crippen molar-refractivity contribution in [1.82, 2.24) is 14.8 Å². The molecule has 0 aromatic carbocycles. The number of anilines is 1. The summed E-state index contributed by atoms with van der Waals surface area (Å²) in [6.45, 7) is 3.23. The van der Waals surface area contributed by atoms with Gasteiger partial charge in [-0.25, -0.2) is 0 Å². The smallest absolute Gasteiger partial charge is 0.231 e. The van der Waals surface area contributed by atoms with Crippen molar-refractivity contribution in [3.05, 3.63) is 38.9 Å². The Kier molecular flexibility index (Phi) is 5.65. The summed E-state index contributed by atoms with van der Waals surface area (Å²) in [6.07, 6.45) is 3.57. The molecule has 1 amide bonds. The van der Waals surface area contributed by atoms with Gasteiger partial charge in [-0.1, -0.05) is 0 Å². The first-order chi connectivity index (χ1) is 12.1. The highest BCUT2D eigenvalue weighted by Gasteiger charge is 2.23. The van der Waals surface area contributed by atoms with Gasteiger partial charge in [0.1, 0.15) is 11.6 Å². The Hall–Kier alpha value is -1.99. The van der Waals surface area contributed by atoms with Crippen LogP contribution in [-0.2, 0) is 16.0 Å². The molecule has 0 radical (unpaired) electrons. The average Bonchev–Trinajstić information content (AvgIpc) is 2.93. The van der Waals surface area contributed by atoms with Gasteiger partial charge in [0.05, 0.1) is 18.2 Å². The van der Waals surface area contributed by atoms with Crippen molar-refractivity contribution in [3.8, 4) is 6.07 Å². The minimum absolute atomic E-state index is 0.144. The van der Waals surface area contributed by atoms with Crippen LogP contribution < -0.4 is 5.32 Å². The molecule has 8 heteroatoms. The molecular formula is C17H18IN5O2. The van der Waals surface area contributed by atoms with Crippen LogP contribution >= 0.6 is 22.6 Å². The molecule has 7 nitrogen and oxygen atoms in total. The number of hydrogen-bond donors (Lipinski definition) is 1. The Morgan fingerprint density at radius 2 is 2.24 bits per heavy atom. The van der Waals surface area contributed by atoms with Crippen LogP contribution in [0.4, 0.5) is 5.82 Å². The fraction of sp³-hybridized carbons (Fsp3) is 0.412. The van der Waals surface area contributed by atoms with Crippen molar-refractivity contribution in [2.45, 2.75) is 32.2 Å². The zero-order chi connectivity index (χ0) is 17.8. The molecule has 0 unspecified atom stereocenters. The van der Waals surface area contributed by atoms with Crippen LogP contribution in [0.15, 0.2) is 18.3 Å². The minimum Gasteiger partial charge on any atom is -0.381 e. The highest BCUT2D eigenvalue weighted by atomic mass is 127. The first kappa shape index (κ1) is 17.8. The van der Waals surface area contributed by atoms with Crippen LogP contribution in [0.25, 0.3) is 0 Å². The number of nitriles is 1. The number of hydrogen-bond acceptors (Lipinski definition) is 5. The Morgan fingerprint density at radius 1 is 1.48 bits per heavy atom. The number of ether oxygens (including phenoxy) is 1. The van der Waals surface area contributed by atoms with Gasteiger partial charge in [-0.15, -0.1) is 0 Å². The zero-order valence-electron chi connectivity index (χ0n) is 13.8. The molecule has 130 valence electrons. The van der Waals surface area contributed by atoms with E-state index in [9.17, 15) is 10.1 Å². The molecule has 1 N–H and O–H groups in total. The van der Waals surface area contributed by atoms with E-state index in [1.54, 1.807) is 6.20 Å². The molecule has 1 fully saturated rings. The number of carbonyl (C=O) groups excluding carboxylic acids is 1. The predicted octanol–water partition coefficient (Wildman–Crippen LogP) is 2.60. The maximum absolute atomic E-state index is 12.3. The molecule has 3 rings (SSSR count). The van der Waals surface area contributed by atoms with Gasteiger partial charge < -0.3 is 10.1 Å². The summed E-state index contributed by atoms with van der Waals surface area (Å²) in [5.74, 6) is 0.0869. The molecule has 0 saturated carbocycles. The maximum atomic E-state index is 12.3. The van der Waals surface area contributed by atoms with E-state index in [0.717, 1.165) is 22.1 Å². The van der Waals surface area contributed by atoms with E-state index in [1.807, 2.05) is 23.7 Å². The fourth-order valence-corrected chi connectivity index (χ4v) is 3.20. The molecule has 2 aromatic rings. The number of nitrogens with zero attached hydrogens (tertiary/aromatic N) is 4. The van der Waals surface area contributed by atoms with Crippen LogP contribution in [0.5, 0.6) is 0 Å². The quantitative estimate of drug-likeness (QED) is 0.722. The number of halogens is 1. The summed E-state index contributed by atoms with van der Waals surface area (Å²) in [4.78, 5) is 16.5. The third-order valence-corrected chi connectivity index (χ3v) is 4.82. The second kappa shape index (κ2) is 7.93. The van der Waals surface area contributed by atoms with Gasteiger partial charge in [0.15, 0.2) is 5.82 Å². The van der Waals surface area contributed by atoms with Crippen LogP contribution in [0.1, 0.15) is 35.8 Å². The normalized spacial score (nSPS) is 14.9. The van der Waals surface area contributed by atoms with Crippen molar-refractivity contribution in [3.63, 3.8) is 0 Å². The van der Waals surface area contributed by atoms with E-state index in [2.05, 4.69) is 44.1 Å². The Bertz CT molecular complexity index is 804. The average molecular weight is 451 g/mol. The standard InChI is InChI=1S/C17H18IN5O2/c1-11-15(9-19)17(22-23(11)14-4-6-25-7-5-14)21-16(24)8-13-3-2-12(18)10-20-13/h2-3,10,14H,4-8H2,1H3,(H,21,22,24).